The number of benzene rings is 1. The molecule has 0 spiro atoms. The molecule has 3 nitrogen and oxygen atoms in total. The zero-order valence-electron chi connectivity index (χ0n) is 11.0. The Balaban J connectivity index is 2.13. The SMILES string of the molecule is CNC(C)CCCCOc1ccc(OC)cc1. The maximum absolute atomic E-state index is 5.64. The molecular formula is C14H23NO2. The predicted molar refractivity (Wildman–Crippen MR) is 70.9 cm³/mol. The van der Waals surface area contributed by atoms with E-state index in [9.17, 15) is 0 Å². The van der Waals surface area contributed by atoms with E-state index < -0.39 is 0 Å². The second-order valence-electron chi connectivity index (χ2n) is 4.21. The second kappa shape index (κ2) is 7.96. The van der Waals surface area contributed by atoms with Gasteiger partial charge in [-0.05, 0) is 57.5 Å². The van der Waals surface area contributed by atoms with Gasteiger partial charge in [0.05, 0.1) is 13.7 Å². The van der Waals surface area contributed by atoms with Crippen molar-refractivity contribution in [3.63, 3.8) is 0 Å². The van der Waals surface area contributed by atoms with Crippen molar-refractivity contribution in [3.05, 3.63) is 24.3 Å². The molecule has 17 heavy (non-hydrogen) atoms. The summed E-state index contributed by atoms with van der Waals surface area (Å²) in [5.41, 5.74) is 0. The fraction of sp³-hybridized carbons (Fsp3) is 0.571. The maximum atomic E-state index is 5.64. The highest BCUT2D eigenvalue weighted by molar-refractivity contribution is 5.31. The second-order valence-corrected chi connectivity index (χ2v) is 4.21. The van der Waals surface area contributed by atoms with E-state index in [4.69, 9.17) is 9.47 Å². The number of methoxy groups -OCH3 is 1. The maximum Gasteiger partial charge on any atom is 0.119 e. The van der Waals surface area contributed by atoms with Crippen LogP contribution in [0.1, 0.15) is 26.2 Å². The summed E-state index contributed by atoms with van der Waals surface area (Å²) in [6, 6.07) is 8.30. The fourth-order valence-electron chi connectivity index (χ4n) is 1.56. The highest BCUT2D eigenvalue weighted by atomic mass is 16.5. The number of ether oxygens (including phenoxy) is 2. The number of unbranched alkanes of at least 4 members (excludes halogenated alkanes) is 1. The van der Waals surface area contributed by atoms with Crippen LogP contribution >= 0.6 is 0 Å². The van der Waals surface area contributed by atoms with Crippen LogP contribution in [0.25, 0.3) is 0 Å². The number of hydrogen-bond acceptors (Lipinski definition) is 3. The Bertz CT molecular complexity index is 298. The van der Waals surface area contributed by atoms with Gasteiger partial charge in [0.25, 0.3) is 0 Å². The third kappa shape index (κ3) is 5.59. The zero-order valence-corrected chi connectivity index (χ0v) is 11.0. The fourth-order valence-corrected chi connectivity index (χ4v) is 1.56. The number of rotatable bonds is 8. The molecule has 0 aliphatic rings. The highest BCUT2D eigenvalue weighted by Gasteiger charge is 1.98. The van der Waals surface area contributed by atoms with Gasteiger partial charge in [0.2, 0.25) is 0 Å². The van der Waals surface area contributed by atoms with E-state index in [-0.39, 0.29) is 0 Å². The Hall–Kier alpha value is -1.22. The molecule has 3 heteroatoms. The molecule has 1 atom stereocenters. The quantitative estimate of drug-likeness (QED) is 0.705. The monoisotopic (exact) mass is 237 g/mol. The summed E-state index contributed by atoms with van der Waals surface area (Å²) in [4.78, 5) is 0. The highest BCUT2D eigenvalue weighted by Crippen LogP contribution is 2.17. The third-order valence-electron chi connectivity index (χ3n) is 2.85. The van der Waals surface area contributed by atoms with Crippen LogP contribution in [0.4, 0.5) is 0 Å². The lowest BCUT2D eigenvalue weighted by Crippen LogP contribution is -2.20. The Morgan fingerprint density at radius 3 is 2.35 bits per heavy atom. The summed E-state index contributed by atoms with van der Waals surface area (Å²) in [6.45, 7) is 2.98. The molecule has 1 aromatic rings. The summed E-state index contributed by atoms with van der Waals surface area (Å²) < 4.78 is 10.7. The lowest BCUT2D eigenvalue weighted by Gasteiger charge is -2.10. The Morgan fingerprint density at radius 1 is 1.12 bits per heavy atom. The van der Waals surface area contributed by atoms with Crippen LogP contribution in [-0.2, 0) is 0 Å². The average molecular weight is 237 g/mol. The van der Waals surface area contributed by atoms with Crippen molar-refractivity contribution < 1.29 is 9.47 Å². The first-order valence-corrected chi connectivity index (χ1v) is 6.20. The summed E-state index contributed by atoms with van der Waals surface area (Å²) in [5, 5.41) is 3.23. The van der Waals surface area contributed by atoms with Gasteiger partial charge >= 0.3 is 0 Å². The predicted octanol–water partition coefficient (Wildman–Crippen LogP) is 2.85. The molecule has 0 amide bonds. The van der Waals surface area contributed by atoms with Gasteiger partial charge in [0.1, 0.15) is 11.5 Å². The average Bonchev–Trinajstić information content (AvgIpc) is 2.38. The van der Waals surface area contributed by atoms with Crippen LogP contribution < -0.4 is 14.8 Å². The topological polar surface area (TPSA) is 30.5 Å². The van der Waals surface area contributed by atoms with Crippen molar-refractivity contribution >= 4 is 0 Å². The molecular weight excluding hydrogens is 214 g/mol. The largest absolute Gasteiger partial charge is 0.497 e. The van der Waals surface area contributed by atoms with Crippen molar-refractivity contribution in [2.75, 3.05) is 20.8 Å². The Kier molecular flexibility index (Phi) is 6.48. The van der Waals surface area contributed by atoms with Gasteiger partial charge in [-0.3, -0.25) is 0 Å². The van der Waals surface area contributed by atoms with Gasteiger partial charge in [-0.1, -0.05) is 0 Å². The van der Waals surface area contributed by atoms with E-state index in [1.54, 1.807) is 7.11 Å². The van der Waals surface area contributed by atoms with Crippen LogP contribution in [0.2, 0.25) is 0 Å². The first kappa shape index (κ1) is 13.8. The van der Waals surface area contributed by atoms with Gasteiger partial charge in [0.15, 0.2) is 0 Å². The summed E-state index contributed by atoms with van der Waals surface area (Å²) in [6.07, 6.45) is 3.48. The normalized spacial score (nSPS) is 12.2. The van der Waals surface area contributed by atoms with E-state index in [1.165, 1.54) is 12.8 Å². The number of nitrogens with one attached hydrogen (secondary N) is 1. The smallest absolute Gasteiger partial charge is 0.119 e. The molecule has 0 bridgehead atoms. The molecule has 1 rings (SSSR count). The zero-order chi connectivity index (χ0) is 12.5. The minimum absolute atomic E-state index is 0.594. The molecule has 0 radical (unpaired) electrons. The summed E-state index contributed by atoms with van der Waals surface area (Å²) >= 11 is 0. The van der Waals surface area contributed by atoms with E-state index in [2.05, 4.69) is 12.2 Å². The third-order valence-corrected chi connectivity index (χ3v) is 2.85. The molecule has 1 N–H and O–H groups in total. The lowest BCUT2D eigenvalue weighted by atomic mass is 10.1. The summed E-state index contributed by atoms with van der Waals surface area (Å²) in [7, 11) is 3.66. The molecule has 0 fully saturated rings. The number of hydrogen-bond donors (Lipinski definition) is 1. The molecule has 0 heterocycles. The van der Waals surface area contributed by atoms with Crippen LogP contribution in [0.5, 0.6) is 11.5 Å². The molecule has 0 aliphatic carbocycles. The van der Waals surface area contributed by atoms with E-state index in [1.807, 2.05) is 31.3 Å². The van der Waals surface area contributed by atoms with Crippen molar-refractivity contribution in [2.45, 2.75) is 32.2 Å². The van der Waals surface area contributed by atoms with Crippen molar-refractivity contribution in [2.24, 2.45) is 0 Å². The Morgan fingerprint density at radius 2 is 1.76 bits per heavy atom. The van der Waals surface area contributed by atoms with E-state index in [0.717, 1.165) is 24.5 Å². The minimum Gasteiger partial charge on any atom is -0.497 e. The minimum atomic E-state index is 0.594. The molecule has 0 aromatic heterocycles. The Labute approximate surface area is 104 Å². The van der Waals surface area contributed by atoms with Crippen molar-refractivity contribution in [1.29, 1.82) is 0 Å². The van der Waals surface area contributed by atoms with Crippen LogP contribution in [0.15, 0.2) is 24.3 Å². The molecule has 1 aromatic carbocycles. The van der Waals surface area contributed by atoms with Gasteiger partial charge < -0.3 is 14.8 Å². The van der Waals surface area contributed by atoms with Gasteiger partial charge in [-0.15, -0.1) is 0 Å². The molecule has 0 saturated carbocycles. The van der Waals surface area contributed by atoms with Crippen LogP contribution in [0.3, 0.4) is 0 Å². The van der Waals surface area contributed by atoms with Crippen LogP contribution in [0, 0.1) is 0 Å². The molecule has 96 valence electrons. The van der Waals surface area contributed by atoms with E-state index >= 15 is 0 Å². The van der Waals surface area contributed by atoms with E-state index in [0.29, 0.717) is 6.04 Å². The van der Waals surface area contributed by atoms with Crippen molar-refractivity contribution in [3.8, 4) is 11.5 Å². The molecule has 0 saturated heterocycles. The first-order valence-electron chi connectivity index (χ1n) is 6.20. The molecule has 0 aliphatic heterocycles. The lowest BCUT2D eigenvalue weighted by molar-refractivity contribution is 0.301. The summed E-state index contributed by atoms with van der Waals surface area (Å²) in [5.74, 6) is 1.77. The van der Waals surface area contributed by atoms with Crippen molar-refractivity contribution in [1.82, 2.24) is 5.32 Å². The van der Waals surface area contributed by atoms with Crippen LogP contribution in [-0.4, -0.2) is 26.8 Å². The van der Waals surface area contributed by atoms with Gasteiger partial charge in [-0.2, -0.15) is 0 Å². The molecule has 1 unspecified atom stereocenters. The standard InChI is InChI=1S/C14H23NO2/c1-12(15-2)6-4-5-11-17-14-9-7-13(16-3)8-10-14/h7-10,12,15H,4-6,11H2,1-3H3. The van der Waals surface area contributed by atoms with Gasteiger partial charge in [0, 0.05) is 6.04 Å². The first-order chi connectivity index (χ1) is 8.26. The van der Waals surface area contributed by atoms with Gasteiger partial charge in [-0.25, -0.2) is 0 Å².